The predicted octanol–water partition coefficient (Wildman–Crippen LogP) is 3.64. The van der Waals surface area contributed by atoms with Crippen LogP contribution in [0.25, 0.3) is 0 Å². The number of rotatable bonds is 14. The quantitative estimate of drug-likeness (QED) is 0.150. The van der Waals surface area contributed by atoms with Crippen LogP contribution in [0, 0.1) is 51.2 Å². The summed E-state index contributed by atoms with van der Waals surface area (Å²) < 4.78 is 0. The van der Waals surface area contributed by atoms with Crippen LogP contribution < -0.4 is 20.9 Å². The maximum Gasteiger partial charge on any atom is 0.303 e. The van der Waals surface area contributed by atoms with Crippen LogP contribution in [-0.2, 0) is 35.2 Å². The van der Waals surface area contributed by atoms with E-state index >= 15 is 0 Å². The fraction of sp³-hybridized carbons (Fsp3) is 0.652. The number of Topliss-reactive ketones (excluding diaryl/α,β-unsaturated/α-hetero) is 1. The van der Waals surface area contributed by atoms with Gasteiger partial charge in [-0.2, -0.15) is 0 Å². The summed E-state index contributed by atoms with van der Waals surface area (Å²) in [5, 5.41) is 39.7. The first-order chi connectivity index (χ1) is 28.5. The zero-order chi connectivity index (χ0) is 42.8. The van der Waals surface area contributed by atoms with Gasteiger partial charge in [0.05, 0.1) is 23.4 Å². The van der Waals surface area contributed by atoms with Crippen LogP contribution in [0.4, 0.5) is 5.69 Å². The van der Waals surface area contributed by atoms with E-state index in [9.17, 15) is 39.0 Å². The number of carbonyl (C=O) groups excluding carboxylic acids is 5. The molecule has 60 heavy (non-hydrogen) atoms. The molecule has 6 fully saturated rings. The van der Waals surface area contributed by atoms with Gasteiger partial charge in [0.25, 0.3) is 0 Å². The number of anilines is 1. The van der Waals surface area contributed by atoms with E-state index in [1.54, 1.807) is 12.2 Å². The average molecular weight is 892 g/mol. The molecule has 324 valence electrons. The molecule has 5 saturated carbocycles. The first kappa shape index (κ1) is 42.8. The molecule has 9 atom stereocenters. The zero-order valence-corrected chi connectivity index (χ0v) is 36.2. The Kier molecular flexibility index (Phi) is 11.5. The highest BCUT2D eigenvalue weighted by molar-refractivity contribution is 9.09. The SMILES string of the molecule is C[C@]12C=CC(=O)C=C1CC[C@@H]1[C@@H]2[C@@H](O)C[C@@]2(C)[C@H]1C[C@H]1CN(c3ccc(CC4CC5(C4)CC(NC(=O)[C@H](CCC(=O)O)NC(=O)CNC(=O)CBr)C5)cc3)C[C@]12C(=O)CO. The highest BCUT2D eigenvalue weighted by Gasteiger charge is 2.73. The van der Waals surface area contributed by atoms with Crippen molar-refractivity contribution in [2.24, 2.45) is 51.2 Å². The second kappa shape index (κ2) is 16.1. The van der Waals surface area contributed by atoms with Gasteiger partial charge in [0.15, 0.2) is 11.6 Å². The number of aliphatic carboxylic acids is 1. The molecule has 6 N–H and O–H groups in total. The van der Waals surface area contributed by atoms with Gasteiger partial charge in [0.1, 0.15) is 12.6 Å². The second-order valence-electron chi connectivity index (χ2n) is 19.8. The van der Waals surface area contributed by atoms with Gasteiger partial charge >= 0.3 is 5.97 Å². The van der Waals surface area contributed by atoms with Crippen molar-refractivity contribution in [3.05, 3.63) is 53.6 Å². The number of aliphatic hydroxyl groups is 2. The zero-order valence-electron chi connectivity index (χ0n) is 34.6. The number of carbonyl (C=O) groups is 6. The number of ketones is 2. The molecule has 3 amide bonds. The number of halogens is 1. The lowest BCUT2D eigenvalue weighted by molar-refractivity contribution is -0.157. The Bertz CT molecular complexity index is 1990. The third-order valence-corrected chi connectivity index (χ3v) is 17.0. The molecule has 7 aliphatic rings. The second-order valence-corrected chi connectivity index (χ2v) is 20.4. The van der Waals surface area contributed by atoms with E-state index in [0.717, 1.165) is 69.2 Å². The number of carboxylic acids is 1. The number of aliphatic hydroxyl groups excluding tert-OH is 2. The minimum absolute atomic E-state index is 0.0107. The van der Waals surface area contributed by atoms with Crippen molar-refractivity contribution in [2.45, 2.75) is 103 Å². The first-order valence-electron chi connectivity index (χ1n) is 21.8. The summed E-state index contributed by atoms with van der Waals surface area (Å²) in [6.45, 7) is 4.82. The van der Waals surface area contributed by atoms with Gasteiger partial charge < -0.3 is 36.2 Å². The Hall–Kier alpha value is -3.88. The van der Waals surface area contributed by atoms with E-state index in [2.05, 4.69) is 74.9 Å². The fourth-order valence-electron chi connectivity index (χ4n) is 14.0. The van der Waals surface area contributed by atoms with Crippen LogP contribution in [0.2, 0.25) is 0 Å². The van der Waals surface area contributed by atoms with Gasteiger partial charge in [-0.1, -0.05) is 53.6 Å². The van der Waals surface area contributed by atoms with Crippen molar-refractivity contribution in [2.75, 3.05) is 36.5 Å². The Morgan fingerprint density at radius 1 is 1.02 bits per heavy atom. The summed E-state index contributed by atoms with van der Waals surface area (Å²) in [5.41, 5.74) is 2.02. The maximum atomic E-state index is 14.1. The molecule has 1 aromatic rings. The van der Waals surface area contributed by atoms with Crippen molar-refractivity contribution in [3.8, 4) is 0 Å². The summed E-state index contributed by atoms with van der Waals surface area (Å²) in [5.74, 6) is -1.45. The molecular weight excluding hydrogens is 832 g/mol. The van der Waals surface area contributed by atoms with E-state index < -0.39 is 47.4 Å². The van der Waals surface area contributed by atoms with Gasteiger partial charge in [-0.05, 0) is 129 Å². The minimum Gasteiger partial charge on any atom is -0.481 e. The first-order valence-corrected chi connectivity index (χ1v) is 22.9. The molecule has 1 aliphatic heterocycles. The molecular formula is C46H59BrN4O9. The molecule has 0 aromatic heterocycles. The minimum atomic E-state index is -1.07. The van der Waals surface area contributed by atoms with E-state index in [-0.39, 0.29) is 82.7 Å². The standard InChI is InChI=1S/C46H59BrN4O9/c1-43-12-11-32(53)14-28(43)5-8-33-34-15-29-23-51(25-46(29,37(55)24-52)44(34,2)20-36(54)41(33)43)31-6-3-26(4-7-31)13-27-16-45(17-27)18-30(19-45)49-42(60)35(9-10-40(58)59)50-39(57)22-48-38(56)21-47/h3-4,6-7,11-12,14,27,29-30,33-36,41,52,54H,5,8-10,13,15-25H2,1-2H3,(H,48,56)(H,49,60)(H,50,57)(H,58,59)/t27?,29-,30?,33-,34-,35-,36-,41+,43-,44-,45?,46+/m0/s1. The lowest BCUT2D eigenvalue weighted by atomic mass is 9.44. The summed E-state index contributed by atoms with van der Waals surface area (Å²) in [6.07, 6.45) is 12.3. The monoisotopic (exact) mass is 890 g/mol. The molecule has 0 unspecified atom stereocenters. The molecule has 8 rings (SSSR count). The topological polar surface area (TPSA) is 202 Å². The summed E-state index contributed by atoms with van der Waals surface area (Å²) >= 11 is 3.01. The van der Waals surface area contributed by atoms with E-state index in [1.807, 2.05) is 6.08 Å². The van der Waals surface area contributed by atoms with Crippen molar-refractivity contribution in [1.29, 1.82) is 0 Å². The van der Waals surface area contributed by atoms with Crippen molar-refractivity contribution in [3.63, 3.8) is 0 Å². The van der Waals surface area contributed by atoms with Gasteiger partial charge in [0.2, 0.25) is 17.7 Å². The molecule has 0 radical (unpaired) electrons. The molecule has 14 heteroatoms. The van der Waals surface area contributed by atoms with Gasteiger partial charge in [0, 0.05) is 42.6 Å². The molecule has 13 nitrogen and oxygen atoms in total. The van der Waals surface area contributed by atoms with Gasteiger partial charge in [-0.25, -0.2) is 0 Å². The van der Waals surface area contributed by atoms with E-state index in [4.69, 9.17) is 5.11 Å². The van der Waals surface area contributed by atoms with Crippen molar-refractivity contribution in [1.82, 2.24) is 16.0 Å². The largest absolute Gasteiger partial charge is 0.481 e. The molecule has 6 aliphatic carbocycles. The Morgan fingerprint density at radius 2 is 1.75 bits per heavy atom. The molecule has 1 spiro atoms. The number of nitrogens with one attached hydrogen (secondary N) is 3. The van der Waals surface area contributed by atoms with Gasteiger partial charge in [-0.15, -0.1) is 0 Å². The Labute approximate surface area is 359 Å². The predicted molar refractivity (Wildman–Crippen MR) is 226 cm³/mol. The number of fused-ring (bicyclic) bond motifs is 7. The van der Waals surface area contributed by atoms with Crippen LogP contribution in [0.3, 0.4) is 0 Å². The number of hydrogen-bond acceptors (Lipinski definition) is 9. The normalized spacial score (nSPS) is 37.6. The average Bonchev–Trinajstić information content (AvgIpc) is 3.69. The number of amides is 3. The Balaban J connectivity index is 0.852. The van der Waals surface area contributed by atoms with Crippen LogP contribution in [-0.4, -0.2) is 100 Å². The summed E-state index contributed by atoms with van der Waals surface area (Å²) in [4.78, 5) is 76.9. The number of nitrogens with zero attached hydrogens (tertiary/aromatic N) is 1. The molecule has 0 bridgehead atoms. The van der Waals surface area contributed by atoms with Crippen LogP contribution in [0.5, 0.6) is 0 Å². The number of allylic oxidation sites excluding steroid dienone is 4. The van der Waals surface area contributed by atoms with Crippen LogP contribution >= 0.6 is 15.9 Å². The van der Waals surface area contributed by atoms with Crippen LogP contribution in [0.15, 0.2) is 48.1 Å². The Morgan fingerprint density at radius 3 is 2.43 bits per heavy atom. The number of benzene rings is 1. The highest BCUT2D eigenvalue weighted by atomic mass is 79.9. The number of hydrogen-bond donors (Lipinski definition) is 6. The summed E-state index contributed by atoms with van der Waals surface area (Å²) in [6, 6.07) is 7.64. The molecule has 1 saturated heterocycles. The lowest BCUT2D eigenvalue weighted by Crippen LogP contribution is -2.60. The van der Waals surface area contributed by atoms with Crippen LogP contribution in [0.1, 0.15) is 83.6 Å². The summed E-state index contributed by atoms with van der Waals surface area (Å²) in [7, 11) is 0. The van der Waals surface area contributed by atoms with Crippen molar-refractivity contribution >= 4 is 56.9 Å². The number of alkyl halides is 1. The highest BCUT2D eigenvalue weighted by Crippen LogP contribution is 2.72. The number of carboxylic acid groups (broad SMARTS) is 1. The fourth-order valence-corrected chi connectivity index (χ4v) is 14.2. The van der Waals surface area contributed by atoms with Crippen molar-refractivity contribution < 1.29 is 44.1 Å². The maximum absolute atomic E-state index is 14.1. The van der Waals surface area contributed by atoms with E-state index in [0.29, 0.717) is 18.9 Å². The molecule has 1 heterocycles. The third-order valence-electron chi connectivity index (χ3n) is 16.5. The van der Waals surface area contributed by atoms with Gasteiger partial charge in [-0.3, -0.25) is 28.8 Å². The lowest BCUT2D eigenvalue weighted by Gasteiger charge is -2.60. The van der Waals surface area contributed by atoms with E-state index in [1.165, 1.54) is 5.56 Å². The third kappa shape index (κ3) is 7.35. The smallest absolute Gasteiger partial charge is 0.303 e. The molecule has 1 aromatic carbocycles.